The van der Waals surface area contributed by atoms with E-state index in [0.717, 1.165) is 45.5 Å². The fourth-order valence-corrected chi connectivity index (χ4v) is 2.26. The Morgan fingerprint density at radius 2 is 2.29 bits per heavy atom. The molecule has 4 nitrogen and oxygen atoms in total. The largest absolute Gasteiger partial charge is 0.394 e. The van der Waals surface area contributed by atoms with E-state index in [9.17, 15) is 5.11 Å². The molecular formula is C13H28N2O2. The van der Waals surface area contributed by atoms with Gasteiger partial charge in [-0.3, -0.25) is 0 Å². The van der Waals surface area contributed by atoms with E-state index in [1.165, 1.54) is 0 Å². The van der Waals surface area contributed by atoms with Gasteiger partial charge in [-0.15, -0.1) is 0 Å². The number of aliphatic hydroxyl groups is 1. The molecule has 4 heteroatoms. The first-order valence-electron chi connectivity index (χ1n) is 6.73. The van der Waals surface area contributed by atoms with E-state index in [-0.39, 0.29) is 12.1 Å². The van der Waals surface area contributed by atoms with Crippen LogP contribution in [0.1, 0.15) is 33.1 Å². The van der Waals surface area contributed by atoms with Crippen LogP contribution in [0.2, 0.25) is 0 Å². The molecule has 0 aromatic carbocycles. The highest BCUT2D eigenvalue weighted by Crippen LogP contribution is 2.13. The zero-order chi connectivity index (χ0) is 12.7. The Hall–Kier alpha value is -0.160. The maximum atomic E-state index is 9.31. The highest BCUT2D eigenvalue weighted by Gasteiger charge is 2.21. The molecule has 1 aliphatic heterocycles. The molecule has 0 bridgehead atoms. The van der Waals surface area contributed by atoms with Gasteiger partial charge < -0.3 is 20.1 Å². The van der Waals surface area contributed by atoms with E-state index in [1.54, 1.807) is 0 Å². The quantitative estimate of drug-likeness (QED) is 0.727. The van der Waals surface area contributed by atoms with Gasteiger partial charge >= 0.3 is 0 Å². The zero-order valence-electron chi connectivity index (χ0n) is 11.5. The summed E-state index contributed by atoms with van der Waals surface area (Å²) >= 11 is 0. The number of nitrogens with one attached hydrogen (secondary N) is 1. The fourth-order valence-electron chi connectivity index (χ4n) is 2.26. The lowest BCUT2D eigenvalue weighted by atomic mass is 9.97. The van der Waals surface area contributed by atoms with Crippen molar-refractivity contribution in [2.75, 3.05) is 39.9 Å². The van der Waals surface area contributed by atoms with Crippen molar-refractivity contribution in [3.05, 3.63) is 0 Å². The standard InChI is InChI=1S/C13H28N2O2/c1-12-10-15(8-5-9-17-12)7-4-6-13(2,11-16)14-3/h12,14,16H,4-11H2,1-3H3. The molecule has 2 unspecified atom stereocenters. The molecule has 0 aliphatic carbocycles. The monoisotopic (exact) mass is 244 g/mol. The second-order valence-corrected chi connectivity index (χ2v) is 5.41. The third-order valence-electron chi connectivity index (χ3n) is 3.69. The van der Waals surface area contributed by atoms with Gasteiger partial charge in [-0.1, -0.05) is 0 Å². The molecular weight excluding hydrogens is 216 g/mol. The summed E-state index contributed by atoms with van der Waals surface area (Å²) < 4.78 is 5.63. The predicted molar refractivity (Wildman–Crippen MR) is 70.3 cm³/mol. The molecule has 0 amide bonds. The van der Waals surface area contributed by atoms with Crippen LogP contribution in [0, 0.1) is 0 Å². The molecule has 1 heterocycles. The van der Waals surface area contributed by atoms with E-state index in [1.807, 2.05) is 7.05 Å². The van der Waals surface area contributed by atoms with Gasteiger partial charge in [-0.2, -0.15) is 0 Å². The number of hydrogen-bond acceptors (Lipinski definition) is 4. The summed E-state index contributed by atoms with van der Waals surface area (Å²) in [4.78, 5) is 2.48. The van der Waals surface area contributed by atoms with Crippen LogP contribution in [0.15, 0.2) is 0 Å². The number of rotatable bonds is 6. The van der Waals surface area contributed by atoms with Crippen molar-refractivity contribution in [2.45, 2.75) is 44.8 Å². The summed E-state index contributed by atoms with van der Waals surface area (Å²) in [5.41, 5.74) is -0.131. The average molecular weight is 244 g/mol. The van der Waals surface area contributed by atoms with E-state index >= 15 is 0 Å². The van der Waals surface area contributed by atoms with E-state index in [2.05, 4.69) is 24.1 Å². The van der Waals surface area contributed by atoms with Crippen molar-refractivity contribution in [1.82, 2.24) is 10.2 Å². The molecule has 1 aliphatic rings. The highest BCUT2D eigenvalue weighted by atomic mass is 16.5. The zero-order valence-corrected chi connectivity index (χ0v) is 11.5. The molecule has 1 fully saturated rings. The van der Waals surface area contributed by atoms with Crippen molar-refractivity contribution < 1.29 is 9.84 Å². The molecule has 17 heavy (non-hydrogen) atoms. The Morgan fingerprint density at radius 1 is 1.53 bits per heavy atom. The SMILES string of the molecule is CNC(C)(CO)CCCN1CCCOC(C)C1. The summed E-state index contributed by atoms with van der Waals surface area (Å²) in [7, 11) is 1.91. The van der Waals surface area contributed by atoms with Gasteiger partial charge in [0, 0.05) is 25.2 Å². The Balaban J connectivity index is 2.25. The minimum atomic E-state index is -0.131. The average Bonchev–Trinajstić information content (AvgIpc) is 2.53. The van der Waals surface area contributed by atoms with E-state index < -0.39 is 0 Å². The smallest absolute Gasteiger partial charge is 0.0673 e. The van der Waals surface area contributed by atoms with E-state index in [0.29, 0.717) is 6.10 Å². The number of nitrogens with zero attached hydrogens (tertiary/aromatic N) is 1. The maximum Gasteiger partial charge on any atom is 0.0673 e. The Morgan fingerprint density at radius 3 is 2.94 bits per heavy atom. The molecule has 1 rings (SSSR count). The lowest BCUT2D eigenvalue weighted by Gasteiger charge is -2.28. The maximum absolute atomic E-state index is 9.31. The topological polar surface area (TPSA) is 44.7 Å². The summed E-state index contributed by atoms with van der Waals surface area (Å²) in [6, 6.07) is 0. The molecule has 0 radical (unpaired) electrons. The first kappa shape index (κ1) is 14.9. The lowest BCUT2D eigenvalue weighted by molar-refractivity contribution is 0.0669. The molecule has 2 atom stereocenters. The van der Waals surface area contributed by atoms with Crippen molar-refractivity contribution in [2.24, 2.45) is 0 Å². The molecule has 0 saturated carbocycles. The minimum absolute atomic E-state index is 0.131. The minimum Gasteiger partial charge on any atom is -0.394 e. The van der Waals surface area contributed by atoms with Crippen LogP contribution in [0.5, 0.6) is 0 Å². The third kappa shape index (κ3) is 5.34. The van der Waals surface area contributed by atoms with Crippen LogP contribution in [-0.2, 0) is 4.74 Å². The number of likely N-dealkylation sites (N-methyl/N-ethyl adjacent to an activating group) is 1. The van der Waals surface area contributed by atoms with Crippen LogP contribution >= 0.6 is 0 Å². The van der Waals surface area contributed by atoms with Crippen molar-refractivity contribution in [1.29, 1.82) is 0 Å². The fraction of sp³-hybridized carbons (Fsp3) is 1.00. The van der Waals surface area contributed by atoms with Crippen LogP contribution in [0.25, 0.3) is 0 Å². The molecule has 0 aromatic rings. The van der Waals surface area contributed by atoms with Crippen LogP contribution < -0.4 is 5.32 Å². The first-order valence-corrected chi connectivity index (χ1v) is 6.73. The van der Waals surface area contributed by atoms with Gasteiger partial charge in [-0.05, 0) is 46.7 Å². The lowest BCUT2D eigenvalue weighted by Crippen LogP contribution is -2.44. The van der Waals surface area contributed by atoms with Gasteiger partial charge in [-0.25, -0.2) is 0 Å². The van der Waals surface area contributed by atoms with Crippen molar-refractivity contribution >= 4 is 0 Å². The highest BCUT2D eigenvalue weighted by molar-refractivity contribution is 4.81. The molecule has 102 valence electrons. The van der Waals surface area contributed by atoms with E-state index in [4.69, 9.17) is 4.74 Å². The first-order chi connectivity index (χ1) is 8.09. The Labute approximate surface area is 105 Å². The molecule has 0 spiro atoms. The van der Waals surface area contributed by atoms with Crippen LogP contribution in [-0.4, -0.2) is 61.5 Å². The van der Waals surface area contributed by atoms with Crippen LogP contribution in [0.3, 0.4) is 0 Å². The Kier molecular flexibility index (Phi) is 6.41. The second-order valence-electron chi connectivity index (χ2n) is 5.41. The van der Waals surface area contributed by atoms with Gasteiger partial charge in [0.05, 0.1) is 12.7 Å². The second kappa shape index (κ2) is 7.31. The summed E-state index contributed by atoms with van der Waals surface area (Å²) in [6.45, 7) is 8.58. The summed E-state index contributed by atoms with van der Waals surface area (Å²) in [5, 5.41) is 12.5. The normalized spacial score (nSPS) is 26.5. The molecule has 0 aromatic heterocycles. The summed E-state index contributed by atoms with van der Waals surface area (Å²) in [6.07, 6.45) is 3.61. The Bertz CT molecular complexity index is 208. The number of aliphatic hydroxyl groups excluding tert-OH is 1. The van der Waals surface area contributed by atoms with Gasteiger partial charge in [0.1, 0.15) is 0 Å². The van der Waals surface area contributed by atoms with Gasteiger partial charge in [0.25, 0.3) is 0 Å². The third-order valence-corrected chi connectivity index (χ3v) is 3.69. The van der Waals surface area contributed by atoms with Crippen LogP contribution in [0.4, 0.5) is 0 Å². The number of hydrogen-bond donors (Lipinski definition) is 2. The molecule has 1 saturated heterocycles. The summed E-state index contributed by atoms with van der Waals surface area (Å²) in [5.74, 6) is 0. The van der Waals surface area contributed by atoms with Gasteiger partial charge in [0.15, 0.2) is 0 Å². The molecule has 2 N–H and O–H groups in total. The van der Waals surface area contributed by atoms with Crippen molar-refractivity contribution in [3.8, 4) is 0 Å². The number of ether oxygens (including phenoxy) is 1. The predicted octanol–water partition coefficient (Wildman–Crippen LogP) is 0.848. The van der Waals surface area contributed by atoms with Crippen molar-refractivity contribution in [3.63, 3.8) is 0 Å². The van der Waals surface area contributed by atoms with Gasteiger partial charge in [0.2, 0.25) is 0 Å².